The first-order valence-corrected chi connectivity index (χ1v) is 8.21. The van der Waals surface area contributed by atoms with Crippen LogP contribution >= 0.6 is 11.6 Å². The van der Waals surface area contributed by atoms with Crippen molar-refractivity contribution in [2.24, 2.45) is 7.05 Å². The number of nitrogens with two attached hydrogens (primary N) is 1. The van der Waals surface area contributed by atoms with E-state index < -0.39 is 0 Å². The molecule has 0 saturated heterocycles. The molecule has 4 rings (SSSR count). The summed E-state index contributed by atoms with van der Waals surface area (Å²) in [6.07, 6.45) is 3.71. The Kier molecular flexibility index (Phi) is 3.63. The van der Waals surface area contributed by atoms with Crippen molar-refractivity contribution in [2.75, 3.05) is 5.73 Å². The molecule has 128 valence electrons. The Labute approximate surface area is 154 Å². The van der Waals surface area contributed by atoms with Gasteiger partial charge in [-0.05, 0) is 30.7 Å². The van der Waals surface area contributed by atoms with Crippen molar-refractivity contribution < 1.29 is 0 Å². The number of rotatable bonds is 2. The van der Waals surface area contributed by atoms with E-state index in [4.69, 9.17) is 17.3 Å². The first-order chi connectivity index (χ1) is 12.5. The zero-order valence-corrected chi connectivity index (χ0v) is 14.8. The largest absolute Gasteiger partial charge is 0.381 e. The minimum atomic E-state index is 0.0710. The van der Waals surface area contributed by atoms with Gasteiger partial charge in [-0.2, -0.15) is 10.4 Å². The number of nitrogens with zero attached hydrogens (tertiary/aromatic N) is 5. The summed E-state index contributed by atoms with van der Waals surface area (Å²) in [6, 6.07) is 7.58. The Morgan fingerprint density at radius 2 is 2.08 bits per heavy atom. The number of nitriles is 1. The van der Waals surface area contributed by atoms with Crippen molar-refractivity contribution in [2.45, 2.75) is 6.92 Å². The van der Waals surface area contributed by atoms with E-state index in [-0.39, 0.29) is 11.5 Å². The Morgan fingerprint density at radius 3 is 2.77 bits per heavy atom. The smallest absolute Gasteiger partial charge is 0.183 e. The van der Waals surface area contributed by atoms with Crippen LogP contribution in [0.25, 0.3) is 33.5 Å². The second-order valence-electron chi connectivity index (χ2n) is 5.99. The number of aromatic amines is 1. The van der Waals surface area contributed by atoms with Crippen LogP contribution in [-0.4, -0.2) is 24.7 Å². The Bertz CT molecular complexity index is 1200. The average molecular weight is 364 g/mol. The van der Waals surface area contributed by atoms with Crippen molar-refractivity contribution in [1.29, 1.82) is 5.26 Å². The molecule has 26 heavy (non-hydrogen) atoms. The van der Waals surface area contributed by atoms with Crippen molar-refractivity contribution >= 4 is 28.3 Å². The lowest BCUT2D eigenvalue weighted by atomic mass is 10.0. The molecule has 3 heterocycles. The average Bonchev–Trinajstić information content (AvgIpc) is 3.21. The molecule has 0 amide bonds. The van der Waals surface area contributed by atoms with Crippen molar-refractivity contribution in [3.8, 4) is 28.7 Å². The second kappa shape index (κ2) is 5.86. The lowest BCUT2D eigenvalue weighted by Gasteiger charge is -2.10. The summed E-state index contributed by atoms with van der Waals surface area (Å²) in [5.74, 6) is 0.0712. The van der Waals surface area contributed by atoms with Gasteiger partial charge in [0.05, 0.1) is 10.5 Å². The summed E-state index contributed by atoms with van der Waals surface area (Å²) in [7, 11) is 1.82. The fraction of sp³-hybridized carbons (Fsp3) is 0.111. The normalized spacial score (nSPS) is 11.0. The molecule has 0 radical (unpaired) electrons. The molecule has 3 N–H and O–H groups in total. The summed E-state index contributed by atoms with van der Waals surface area (Å²) < 4.78 is 1.67. The van der Waals surface area contributed by atoms with E-state index in [1.54, 1.807) is 10.7 Å². The van der Waals surface area contributed by atoms with Gasteiger partial charge >= 0.3 is 0 Å². The first kappa shape index (κ1) is 16.1. The molecule has 4 aromatic rings. The van der Waals surface area contributed by atoms with Crippen molar-refractivity contribution in [1.82, 2.24) is 24.7 Å². The van der Waals surface area contributed by atoms with Gasteiger partial charge in [0, 0.05) is 30.4 Å². The van der Waals surface area contributed by atoms with Gasteiger partial charge in [0.2, 0.25) is 0 Å². The molecule has 0 atom stereocenters. The number of aryl methyl sites for hydroxylation is 2. The zero-order chi connectivity index (χ0) is 18.4. The molecule has 1 aromatic carbocycles. The highest BCUT2D eigenvalue weighted by atomic mass is 35.5. The molecule has 7 nitrogen and oxygen atoms in total. The Morgan fingerprint density at radius 1 is 1.27 bits per heavy atom. The molecule has 0 aliphatic heterocycles. The summed E-state index contributed by atoms with van der Waals surface area (Å²) in [5.41, 5.74) is 10.3. The Hall–Kier alpha value is -3.37. The van der Waals surface area contributed by atoms with E-state index >= 15 is 0 Å². The standard InChI is InChI=1S/C18H14ClN7/c1-9-8-22-16-11(9)5-10(6-12(16)19)15-17(13-3-4-26(2)25-13)24-18(21)14(7-20)23-15/h3-6,8,22H,1-2H3,(H2,21,24). The quantitative estimate of drug-likeness (QED) is 0.567. The highest BCUT2D eigenvalue weighted by molar-refractivity contribution is 6.35. The van der Waals surface area contributed by atoms with Gasteiger partial charge < -0.3 is 10.7 Å². The second-order valence-corrected chi connectivity index (χ2v) is 6.40. The summed E-state index contributed by atoms with van der Waals surface area (Å²) >= 11 is 6.44. The van der Waals surface area contributed by atoms with Gasteiger partial charge in [0.25, 0.3) is 0 Å². The minimum absolute atomic E-state index is 0.0710. The van der Waals surface area contributed by atoms with E-state index in [9.17, 15) is 5.26 Å². The van der Waals surface area contributed by atoms with Crippen LogP contribution in [-0.2, 0) is 7.05 Å². The van der Waals surface area contributed by atoms with E-state index in [0.29, 0.717) is 22.1 Å². The zero-order valence-electron chi connectivity index (χ0n) is 14.1. The molecule has 0 fully saturated rings. The maximum atomic E-state index is 9.31. The van der Waals surface area contributed by atoms with Gasteiger partial charge in [-0.3, -0.25) is 4.68 Å². The molecule has 0 saturated carbocycles. The van der Waals surface area contributed by atoms with Crippen LogP contribution in [0.2, 0.25) is 5.02 Å². The first-order valence-electron chi connectivity index (χ1n) is 7.83. The lowest BCUT2D eigenvalue weighted by Crippen LogP contribution is -2.03. The fourth-order valence-corrected chi connectivity index (χ4v) is 3.19. The van der Waals surface area contributed by atoms with Crippen LogP contribution in [0.5, 0.6) is 0 Å². The highest BCUT2D eigenvalue weighted by Crippen LogP contribution is 2.35. The number of aromatic nitrogens is 5. The minimum Gasteiger partial charge on any atom is -0.381 e. The van der Waals surface area contributed by atoms with Gasteiger partial charge in [-0.1, -0.05) is 11.6 Å². The number of fused-ring (bicyclic) bond motifs is 1. The van der Waals surface area contributed by atoms with Gasteiger partial charge in [-0.25, -0.2) is 9.97 Å². The number of nitrogens with one attached hydrogen (secondary N) is 1. The van der Waals surface area contributed by atoms with Crippen molar-refractivity contribution in [3.05, 3.63) is 46.9 Å². The van der Waals surface area contributed by atoms with Crippen LogP contribution < -0.4 is 5.73 Å². The molecule has 0 aliphatic carbocycles. The predicted octanol–water partition coefficient (Wildman–Crippen LogP) is 3.44. The van der Waals surface area contributed by atoms with E-state index in [1.807, 2.05) is 44.6 Å². The van der Waals surface area contributed by atoms with Gasteiger partial charge in [-0.15, -0.1) is 0 Å². The van der Waals surface area contributed by atoms with Gasteiger partial charge in [0.15, 0.2) is 11.5 Å². The van der Waals surface area contributed by atoms with Crippen LogP contribution in [0.15, 0.2) is 30.6 Å². The number of hydrogen-bond donors (Lipinski definition) is 2. The number of halogens is 1. The number of nitrogen functional groups attached to an aromatic ring is 1. The molecular formula is C18H14ClN7. The number of H-pyrrole nitrogens is 1. The molecule has 8 heteroatoms. The molecule has 0 aliphatic rings. The molecule has 3 aromatic heterocycles. The molecule has 0 bridgehead atoms. The number of anilines is 1. The third-order valence-corrected chi connectivity index (χ3v) is 4.50. The summed E-state index contributed by atoms with van der Waals surface area (Å²) in [4.78, 5) is 12.0. The summed E-state index contributed by atoms with van der Waals surface area (Å²) in [5, 5.41) is 15.2. The lowest BCUT2D eigenvalue weighted by molar-refractivity contribution is 0.770. The summed E-state index contributed by atoms with van der Waals surface area (Å²) in [6.45, 7) is 1.99. The Balaban J connectivity index is 2.04. The maximum Gasteiger partial charge on any atom is 0.183 e. The maximum absolute atomic E-state index is 9.31. The van der Waals surface area contributed by atoms with E-state index in [1.165, 1.54) is 0 Å². The van der Waals surface area contributed by atoms with E-state index in [2.05, 4.69) is 20.1 Å². The SMILES string of the molecule is Cc1c[nH]c2c(Cl)cc(-c3nc(C#N)c(N)nc3-c3ccn(C)n3)cc12. The predicted molar refractivity (Wildman–Crippen MR) is 100 cm³/mol. The number of hydrogen-bond acceptors (Lipinski definition) is 5. The van der Waals surface area contributed by atoms with Crippen LogP contribution in [0.3, 0.4) is 0 Å². The topological polar surface area (TPSA) is 109 Å². The fourth-order valence-electron chi connectivity index (χ4n) is 2.91. The van der Waals surface area contributed by atoms with Gasteiger partial charge in [0.1, 0.15) is 23.2 Å². The van der Waals surface area contributed by atoms with E-state index in [0.717, 1.165) is 22.0 Å². The molecular weight excluding hydrogens is 350 g/mol. The molecule has 0 spiro atoms. The number of benzene rings is 1. The molecule has 0 unspecified atom stereocenters. The van der Waals surface area contributed by atoms with Crippen LogP contribution in [0, 0.1) is 18.3 Å². The highest BCUT2D eigenvalue weighted by Gasteiger charge is 2.19. The van der Waals surface area contributed by atoms with Crippen LogP contribution in [0.4, 0.5) is 5.82 Å². The van der Waals surface area contributed by atoms with Crippen LogP contribution in [0.1, 0.15) is 11.3 Å². The third-order valence-electron chi connectivity index (χ3n) is 4.21. The van der Waals surface area contributed by atoms with Crippen molar-refractivity contribution in [3.63, 3.8) is 0 Å². The third kappa shape index (κ3) is 2.48. The monoisotopic (exact) mass is 363 g/mol.